The van der Waals surface area contributed by atoms with Crippen molar-refractivity contribution in [2.45, 2.75) is 18.2 Å². The zero-order chi connectivity index (χ0) is 12.2. The zero-order valence-electron chi connectivity index (χ0n) is 9.50. The van der Waals surface area contributed by atoms with E-state index in [1.54, 1.807) is 14.0 Å². The topological polar surface area (TPSA) is 75.4 Å². The normalized spacial score (nSPS) is 12.2. The second kappa shape index (κ2) is 5.42. The fourth-order valence-corrected chi connectivity index (χ4v) is 2.85. The van der Waals surface area contributed by atoms with Gasteiger partial charge in [0.15, 0.2) is 0 Å². The molecule has 0 aliphatic heterocycles. The number of hydrogen-bond acceptors (Lipinski definition) is 4. The van der Waals surface area contributed by atoms with E-state index < -0.39 is 10.0 Å². The van der Waals surface area contributed by atoms with E-state index in [1.807, 2.05) is 0 Å². The first kappa shape index (κ1) is 13.1. The molecule has 0 saturated carbocycles. The molecular formula is C9H17N3O3S. The second-order valence-electron chi connectivity index (χ2n) is 3.42. The average molecular weight is 247 g/mol. The van der Waals surface area contributed by atoms with Gasteiger partial charge in [0.1, 0.15) is 4.90 Å². The molecule has 92 valence electrons. The summed E-state index contributed by atoms with van der Waals surface area (Å²) in [5.41, 5.74) is 0. The van der Waals surface area contributed by atoms with E-state index in [4.69, 9.17) is 5.11 Å². The van der Waals surface area contributed by atoms with Crippen LogP contribution in [0.1, 0.15) is 13.3 Å². The molecule has 0 saturated heterocycles. The van der Waals surface area contributed by atoms with Crippen molar-refractivity contribution in [3.05, 3.63) is 12.4 Å². The van der Waals surface area contributed by atoms with E-state index in [0.29, 0.717) is 19.5 Å². The van der Waals surface area contributed by atoms with Gasteiger partial charge in [0.05, 0.1) is 6.20 Å². The van der Waals surface area contributed by atoms with E-state index in [9.17, 15) is 8.42 Å². The first-order valence-corrected chi connectivity index (χ1v) is 6.56. The molecule has 0 radical (unpaired) electrons. The van der Waals surface area contributed by atoms with Gasteiger partial charge in [-0.2, -0.15) is 9.40 Å². The number of aliphatic hydroxyl groups is 1. The van der Waals surface area contributed by atoms with Crippen LogP contribution in [0.2, 0.25) is 0 Å². The lowest BCUT2D eigenvalue weighted by Gasteiger charge is -2.18. The summed E-state index contributed by atoms with van der Waals surface area (Å²) in [7, 11) is -1.79. The van der Waals surface area contributed by atoms with Crippen LogP contribution in [-0.4, -0.2) is 47.3 Å². The molecular weight excluding hydrogens is 230 g/mol. The summed E-state index contributed by atoms with van der Waals surface area (Å²) >= 11 is 0. The van der Waals surface area contributed by atoms with E-state index in [-0.39, 0.29) is 11.5 Å². The Bertz CT molecular complexity index is 427. The minimum absolute atomic E-state index is 0.0148. The van der Waals surface area contributed by atoms with Crippen molar-refractivity contribution in [2.75, 3.05) is 19.7 Å². The number of nitrogens with zero attached hydrogens (tertiary/aromatic N) is 3. The summed E-state index contributed by atoms with van der Waals surface area (Å²) < 4.78 is 26.9. The minimum Gasteiger partial charge on any atom is -0.396 e. The predicted molar refractivity (Wildman–Crippen MR) is 59.3 cm³/mol. The quantitative estimate of drug-likeness (QED) is 0.756. The number of sulfonamides is 1. The molecule has 0 atom stereocenters. The van der Waals surface area contributed by atoms with Crippen LogP contribution in [0.15, 0.2) is 17.3 Å². The summed E-state index contributed by atoms with van der Waals surface area (Å²) in [6.45, 7) is 2.46. The fourth-order valence-electron chi connectivity index (χ4n) is 1.38. The van der Waals surface area contributed by atoms with E-state index in [2.05, 4.69) is 5.10 Å². The van der Waals surface area contributed by atoms with Crippen LogP contribution < -0.4 is 0 Å². The van der Waals surface area contributed by atoms with Gasteiger partial charge in [0.25, 0.3) is 0 Å². The van der Waals surface area contributed by atoms with Gasteiger partial charge >= 0.3 is 0 Å². The Kier molecular flexibility index (Phi) is 4.45. The highest BCUT2D eigenvalue weighted by Gasteiger charge is 2.23. The van der Waals surface area contributed by atoms with Crippen molar-refractivity contribution in [2.24, 2.45) is 7.05 Å². The lowest BCUT2D eigenvalue weighted by atomic mass is 10.4. The minimum atomic E-state index is -3.46. The van der Waals surface area contributed by atoms with Gasteiger partial charge in [0.2, 0.25) is 10.0 Å². The lowest BCUT2D eigenvalue weighted by molar-refractivity contribution is 0.271. The SMILES string of the molecule is CCN(CCCO)S(=O)(=O)c1cnn(C)c1. The number of aromatic nitrogens is 2. The maximum atomic E-state index is 12.1. The second-order valence-corrected chi connectivity index (χ2v) is 5.36. The molecule has 0 bridgehead atoms. The van der Waals surface area contributed by atoms with Gasteiger partial charge in [0, 0.05) is 32.9 Å². The van der Waals surface area contributed by atoms with E-state index in [0.717, 1.165) is 0 Å². The molecule has 7 heteroatoms. The Morgan fingerprint density at radius 2 is 2.25 bits per heavy atom. The number of rotatable bonds is 6. The van der Waals surface area contributed by atoms with Crippen molar-refractivity contribution in [3.63, 3.8) is 0 Å². The Morgan fingerprint density at radius 3 is 2.69 bits per heavy atom. The Hall–Kier alpha value is -0.920. The van der Waals surface area contributed by atoms with E-state index >= 15 is 0 Å². The third-order valence-corrected chi connectivity index (χ3v) is 4.16. The molecule has 1 N–H and O–H groups in total. The van der Waals surface area contributed by atoms with Crippen LogP contribution in [0, 0.1) is 0 Å². The predicted octanol–water partition coefficient (Wildman–Crippen LogP) is -0.187. The Balaban J connectivity index is 2.90. The molecule has 0 aromatic carbocycles. The molecule has 1 rings (SSSR count). The molecule has 0 amide bonds. The van der Waals surface area contributed by atoms with E-state index in [1.165, 1.54) is 21.4 Å². The molecule has 0 unspecified atom stereocenters. The molecule has 6 nitrogen and oxygen atoms in total. The Labute approximate surface area is 95.5 Å². The molecule has 16 heavy (non-hydrogen) atoms. The van der Waals surface area contributed by atoms with Crippen molar-refractivity contribution >= 4 is 10.0 Å². The molecule has 0 fully saturated rings. The van der Waals surface area contributed by atoms with Crippen molar-refractivity contribution < 1.29 is 13.5 Å². The highest BCUT2D eigenvalue weighted by Crippen LogP contribution is 2.14. The van der Waals surface area contributed by atoms with Crippen molar-refractivity contribution in [3.8, 4) is 0 Å². The summed E-state index contributed by atoms with van der Waals surface area (Å²) in [4.78, 5) is 0.190. The summed E-state index contributed by atoms with van der Waals surface area (Å²) in [5.74, 6) is 0. The highest BCUT2D eigenvalue weighted by atomic mass is 32.2. The van der Waals surface area contributed by atoms with Crippen LogP contribution in [0.4, 0.5) is 0 Å². The average Bonchev–Trinajstić information content (AvgIpc) is 2.66. The fraction of sp³-hybridized carbons (Fsp3) is 0.667. The van der Waals surface area contributed by atoms with Crippen LogP contribution in [0.25, 0.3) is 0 Å². The van der Waals surface area contributed by atoms with Crippen LogP contribution in [0.5, 0.6) is 0 Å². The van der Waals surface area contributed by atoms with Gasteiger partial charge in [-0.25, -0.2) is 8.42 Å². The molecule has 1 heterocycles. The molecule has 1 aromatic rings. The van der Waals surface area contributed by atoms with Crippen molar-refractivity contribution in [1.29, 1.82) is 0 Å². The Morgan fingerprint density at radius 1 is 1.56 bits per heavy atom. The number of aryl methyl sites for hydroxylation is 1. The van der Waals surface area contributed by atoms with Crippen LogP contribution in [0.3, 0.4) is 0 Å². The van der Waals surface area contributed by atoms with Crippen LogP contribution >= 0.6 is 0 Å². The monoisotopic (exact) mass is 247 g/mol. The van der Waals surface area contributed by atoms with Crippen LogP contribution in [-0.2, 0) is 17.1 Å². The number of aliphatic hydroxyl groups excluding tert-OH is 1. The third kappa shape index (κ3) is 2.81. The first-order valence-electron chi connectivity index (χ1n) is 5.12. The molecule has 0 aliphatic carbocycles. The molecule has 1 aromatic heterocycles. The van der Waals surface area contributed by atoms with Gasteiger partial charge < -0.3 is 5.11 Å². The van der Waals surface area contributed by atoms with Crippen molar-refractivity contribution in [1.82, 2.24) is 14.1 Å². The lowest BCUT2D eigenvalue weighted by Crippen LogP contribution is -2.32. The van der Waals surface area contributed by atoms with Gasteiger partial charge in [-0.3, -0.25) is 4.68 Å². The standard InChI is InChI=1S/C9H17N3O3S/c1-3-12(5-4-6-13)16(14,15)9-7-10-11(2)8-9/h7-8,13H,3-6H2,1-2H3. The molecule has 0 spiro atoms. The maximum Gasteiger partial charge on any atom is 0.246 e. The number of hydrogen-bond donors (Lipinski definition) is 1. The first-order chi connectivity index (χ1) is 7.52. The van der Waals surface area contributed by atoms with Gasteiger partial charge in [-0.05, 0) is 6.42 Å². The zero-order valence-corrected chi connectivity index (χ0v) is 10.3. The third-order valence-electron chi connectivity index (χ3n) is 2.24. The summed E-state index contributed by atoms with van der Waals surface area (Å²) in [6.07, 6.45) is 3.24. The summed E-state index contributed by atoms with van der Waals surface area (Å²) in [5, 5.41) is 12.6. The van der Waals surface area contributed by atoms with Gasteiger partial charge in [-0.1, -0.05) is 6.92 Å². The van der Waals surface area contributed by atoms with Gasteiger partial charge in [-0.15, -0.1) is 0 Å². The highest BCUT2D eigenvalue weighted by molar-refractivity contribution is 7.89. The molecule has 0 aliphatic rings. The maximum absolute atomic E-state index is 12.1. The smallest absolute Gasteiger partial charge is 0.246 e. The largest absolute Gasteiger partial charge is 0.396 e. The summed E-state index contributed by atoms with van der Waals surface area (Å²) in [6, 6.07) is 0.